The number of benzene rings is 1. The van der Waals surface area contributed by atoms with E-state index in [4.69, 9.17) is 14.6 Å². The average Bonchev–Trinajstić information content (AvgIpc) is 2.60. The van der Waals surface area contributed by atoms with E-state index in [1.54, 1.807) is 26.4 Å². The largest absolute Gasteiger partial charge is 0.465 e. The van der Waals surface area contributed by atoms with Crippen LogP contribution < -0.4 is 0 Å². The van der Waals surface area contributed by atoms with E-state index in [9.17, 15) is 9.18 Å². The molecular weight excluding hydrogens is 337 g/mol. The third-order valence-corrected chi connectivity index (χ3v) is 4.26. The van der Waals surface area contributed by atoms with Crippen LogP contribution in [0.1, 0.15) is 32.8 Å². The number of hydrogen-bond acceptors (Lipinski definition) is 3. The maximum Gasteiger partial charge on any atom is 0.407 e. The van der Waals surface area contributed by atoms with Gasteiger partial charge in [0.05, 0.1) is 12.7 Å². The molecule has 0 spiro atoms. The van der Waals surface area contributed by atoms with Gasteiger partial charge in [-0.05, 0) is 35.1 Å². The van der Waals surface area contributed by atoms with Crippen molar-refractivity contribution in [1.82, 2.24) is 4.90 Å². The van der Waals surface area contributed by atoms with E-state index in [1.165, 1.54) is 17.0 Å². The lowest BCUT2D eigenvalue weighted by atomic mass is 9.89. The average molecular weight is 367 g/mol. The molecule has 6 heteroatoms. The number of hydrogen-bond donors (Lipinski definition) is 1. The number of ether oxygens (including phenoxy) is 2. The number of amides is 1. The topological polar surface area (TPSA) is 59.0 Å². The van der Waals surface area contributed by atoms with Crippen molar-refractivity contribution in [2.75, 3.05) is 33.9 Å². The van der Waals surface area contributed by atoms with Gasteiger partial charge in [0.2, 0.25) is 0 Å². The Bertz CT molecular complexity index is 593. The van der Waals surface area contributed by atoms with Crippen LogP contribution in [0.2, 0.25) is 0 Å². The molecule has 146 valence electrons. The molecule has 1 aromatic carbocycles. The van der Waals surface area contributed by atoms with Crippen molar-refractivity contribution in [2.24, 2.45) is 5.41 Å². The molecule has 1 aliphatic heterocycles. The number of carboxylic acid groups (broad SMARTS) is 1. The molecule has 1 N–H and O–H groups in total. The number of methoxy groups -OCH3 is 2. The summed E-state index contributed by atoms with van der Waals surface area (Å²) < 4.78 is 22.9. The highest BCUT2D eigenvalue weighted by Gasteiger charge is 2.23. The van der Waals surface area contributed by atoms with Crippen molar-refractivity contribution in [1.29, 1.82) is 0 Å². The predicted octanol–water partition coefficient (Wildman–Crippen LogP) is 4.29. The van der Waals surface area contributed by atoms with Crippen LogP contribution in [0.5, 0.6) is 0 Å². The van der Waals surface area contributed by atoms with E-state index in [2.05, 4.69) is 20.8 Å². The molecule has 1 amide bonds. The zero-order chi connectivity index (χ0) is 19.7. The molecule has 0 saturated carbocycles. The highest BCUT2D eigenvalue weighted by Crippen LogP contribution is 2.22. The van der Waals surface area contributed by atoms with Crippen LogP contribution in [-0.4, -0.2) is 56.1 Å². The fraction of sp³-hybridized carbons (Fsp3) is 0.550. The summed E-state index contributed by atoms with van der Waals surface area (Å²) in [4.78, 5) is 12.0. The predicted molar refractivity (Wildman–Crippen MR) is 101 cm³/mol. The summed E-state index contributed by atoms with van der Waals surface area (Å²) in [7, 11) is 3.41. The third-order valence-electron chi connectivity index (χ3n) is 4.26. The van der Waals surface area contributed by atoms with Gasteiger partial charge in [0, 0.05) is 27.3 Å². The minimum atomic E-state index is -0.894. The normalized spacial score (nSPS) is 15.6. The Balaban J connectivity index is 0.000000294. The van der Waals surface area contributed by atoms with Crippen LogP contribution in [0.25, 0.3) is 5.57 Å². The molecule has 1 unspecified atom stereocenters. The second kappa shape index (κ2) is 10.3. The molecule has 2 rings (SSSR count). The summed E-state index contributed by atoms with van der Waals surface area (Å²) in [6, 6.07) is 6.27. The maximum atomic E-state index is 12.7. The fourth-order valence-corrected chi connectivity index (χ4v) is 2.59. The first kappa shape index (κ1) is 22.1. The van der Waals surface area contributed by atoms with E-state index in [0.717, 1.165) is 11.1 Å². The SMILES string of the molecule is COCC(OC)C(C)(C)C.O=C(O)N1CC=C(c2ccc(F)cc2)CC1. The van der Waals surface area contributed by atoms with Gasteiger partial charge in [-0.3, -0.25) is 0 Å². The van der Waals surface area contributed by atoms with Gasteiger partial charge in [0.1, 0.15) is 5.82 Å². The Morgan fingerprint density at radius 1 is 1.27 bits per heavy atom. The maximum absolute atomic E-state index is 12.7. The van der Waals surface area contributed by atoms with Crippen LogP contribution in [0.3, 0.4) is 0 Å². The van der Waals surface area contributed by atoms with Crippen molar-refractivity contribution in [3.63, 3.8) is 0 Å². The van der Waals surface area contributed by atoms with E-state index >= 15 is 0 Å². The van der Waals surface area contributed by atoms with Crippen LogP contribution in [0.15, 0.2) is 30.3 Å². The van der Waals surface area contributed by atoms with Crippen LogP contribution in [-0.2, 0) is 9.47 Å². The Hall–Kier alpha value is -1.92. The van der Waals surface area contributed by atoms with Gasteiger partial charge in [-0.15, -0.1) is 0 Å². The Morgan fingerprint density at radius 2 is 1.88 bits per heavy atom. The Kier molecular flexibility index (Phi) is 8.75. The van der Waals surface area contributed by atoms with Crippen LogP contribution in [0.4, 0.5) is 9.18 Å². The molecular formula is C20H30FNO4. The molecule has 0 bridgehead atoms. The number of rotatable bonds is 4. The molecule has 26 heavy (non-hydrogen) atoms. The number of carbonyl (C=O) groups is 1. The van der Waals surface area contributed by atoms with Gasteiger partial charge in [-0.25, -0.2) is 9.18 Å². The highest BCUT2D eigenvalue weighted by molar-refractivity contribution is 5.71. The first-order valence-corrected chi connectivity index (χ1v) is 8.63. The van der Waals surface area contributed by atoms with Crippen LogP contribution >= 0.6 is 0 Å². The molecule has 0 radical (unpaired) electrons. The summed E-state index contributed by atoms with van der Waals surface area (Å²) in [5, 5.41) is 8.78. The number of nitrogens with zero attached hydrogens (tertiary/aromatic N) is 1. The van der Waals surface area contributed by atoms with Gasteiger partial charge < -0.3 is 19.5 Å². The third kappa shape index (κ3) is 7.14. The lowest BCUT2D eigenvalue weighted by Crippen LogP contribution is -2.33. The lowest BCUT2D eigenvalue weighted by Gasteiger charge is -2.28. The van der Waals surface area contributed by atoms with Crippen molar-refractivity contribution < 1.29 is 23.8 Å². The van der Waals surface area contributed by atoms with E-state index in [-0.39, 0.29) is 17.3 Å². The van der Waals surface area contributed by atoms with Crippen molar-refractivity contribution in [3.8, 4) is 0 Å². The van der Waals surface area contributed by atoms with E-state index < -0.39 is 6.09 Å². The van der Waals surface area contributed by atoms with Gasteiger partial charge in [0.25, 0.3) is 0 Å². The van der Waals surface area contributed by atoms with Crippen molar-refractivity contribution in [3.05, 3.63) is 41.7 Å². The van der Waals surface area contributed by atoms with E-state index in [0.29, 0.717) is 26.1 Å². The highest BCUT2D eigenvalue weighted by atomic mass is 19.1. The van der Waals surface area contributed by atoms with Gasteiger partial charge >= 0.3 is 6.09 Å². The molecule has 1 heterocycles. The lowest BCUT2D eigenvalue weighted by molar-refractivity contribution is -0.0347. The molecule has 0 fully saturated rings. The molecule has 0 aromatic heterocycles. The minimum absolute atomic E-state index is 0.171. The zero-order valence-electron chi connectivity index (χ0n) is 16.3. The molecule has 0 saturated heterocycles. The summed E-state index contributed by atoms with van der Waals surface area (Å²) in [6.45, 7) is 7.99. The van der Waals surface area contributed by atoms with Gasteiger partial charge in [0.15, 0.2) is 0 Å². The van der Waals surface area contributed by atoms with Gasteiger partial charge in [-0.1, -0.05) is 39.0 Å². The summed E-state index contributed by atoms with van der Waals surface area (Å²) >= 11 is 0. The molecule has 1 aromatic rings. The van der Waals surface area contributed by atoms with Gasteiger partial charge in [-0.2, -0.15) is 0 Å². The first-order valence-electron chi connectivity index (χ1n) is 8.63. The standard InChI is InChI=1S/C12H12FNO2.C8H18O2/c13-11-3-1-9(2-4-11)10-5-7-14(8-6-10)12(15)16;1-8(2,3)7(10-5)6-9-4/h1-5H,6-8H2,(H,15,16);7H,6H2,1-5H3. The molecule has 1 atom stereocenters. The molecule has 0 aliphatic carbocycles. The quantitative estimate of drug-likeness (QED) is 0.863. The summed E-state index contributed by atoms with van der Waals surface area (Å²) in [6.07, 6.45) is 1.86. The van der Waals surface area contributed by atoms with Crippen molar-refractivity contribution >= 4 is 11.7 Å². The first-order chi connectivity index (χ1) is 12.2. The Morgan fingerprint density at radius 3 is 2.23 bits per heavy atom. The molecule has 5 nitrogen and oxygen atoms in total. The summed E-state index contributed by atoms with van der Waals surface area (Å²) in [5.74, 6) is -0.257. The van der Waals surface area contributed by atoms with E-state index in [1.807, 2.05) is 6.08 Å². The molecule has 1 aliphatic rings. The minimum Gasteiger partial charge on any atom is -0.465 e. The monoisotopic (exact) mass is 367 g/mol. The second-order valence-corrected chi connectivity index (χ2v) is 7.26. The van der Waals surface area contributed by atoms with Crippen molar-refractivity contribution in [2.45, 2.75) is 33.3 Å². The Labute approximate surface area is 155 Å². The summed E-state index contributed by atoms with van der Waals surface area (Å²) in [5.41, 5.74) is 2.22. The zero-order valence-corrected chi connectivity index (χ0v) is 16.3. The smallest absolute Gasteiger partial charge is 0.407 e. The van der Waals surface area contributed by atoms with Crippen LogP contribution in [0, 0.1) is 11.2 Å². The fourth-order valence-electron chi connectivity index (χ4n) is 2.59. The second-order valence-electron chi connectivity index (χ2n) is 7.26. The number of halogens is 1.